The summed E-state index contributed by atoms with van der Waals surface area (Å²) in [4.78, 5) is 27.2. The van der Waals surface area contributed by atoms with Crippen molar-refractivity contribution in [1.29, 1.82) is 0 Å². The molecule has 0 bridgehead atoms. The van der Waals surface area contributed by atoms with Crippen LogP contribution in [-0.2, 0) is 4.79 Å². The SMILES string of the molecule is Cc1cc(C)cc(OCC(=O)N2CCC3(CC2)CC(=O)c2cc(Cl)cc(C)c2O3)c1. The molecule has 0 radical (unpaired) electrons. The molecule has 2 aliphatic rings. The van der Waals surface area contributed by atoms with E-state index in [9.17, 15) is 9.59 Å². The first-order valence-electron chi connectivity index (χ1n) is 10.3. The van der Waals surface area contributed by atoms with Crippen molar-refractivity contribution >= 4 is 23.3 Å². The number of hydrogen-bond acceptors (Lipinski definition) is 4. The number of benzene rings is 2. The molecular weight excluding hydrogens is 402 g/mol. The van der Waals surface area contributed by atoms with Crippen LogP contribution in [0.15, 0.2) is 30.3 Å². The van der Waals surface area contributed by atoms with E-state index in [0.717, 1.165) is 16.7 Å². The second-order valence-electron chi connectivity index (χ2n) is 8.48. The molecule has 5 nitrogen and oxygen atoms in total. The molecule has 0 atom stereocenters. The largest absolute Gasteiger partial charge is 0.486 e. The molecule has 2 aliphatic heterocycles. The van der Waals surface area contributed by atoms with Crippen LogP contribution in [0.25, 0.3) is 0 Å². The van der Waals surface area contributed by atoms with Gasteiger partial charge in [-0.3, -0.25) is 9.59 Å². The van der Waals surface area contributed by atoms with Gasteiger partial charge in [-0.15, -0.1) is 0 Å². The number of ketones is 1. The number of amides is 1. The number of carbonyl (C=O) groups excluding carboxylic acids is 2. The molecule has 1 fully saturated rings. The number of carbonyl (C=O) groups is 2. The Balaban J connectivity index is 1.38. The summed E-state index contributed by atoms with van der Waals surface area (Å²) in [6.45, 7) is 7.01. The second-order valence-corrected chi connectivity index (χ2v) is 8.91. The number of fused-ring (bicyclic) bond motifs is 1. The van der Waals surface area contributed by atoms with Crippen LogP contribution in [0, 0.1) is 20.8 Å². The fraction of sp³-hybridized carbons (Fsp3) is 0.417. The topological polar surface area (TPSA) is 55.8 Å². The Hall–Kier alpha value is -2.53. The van der Waals surface area contributed by atoms with Crippen molar-refractivity contribution in [2.45, 2.75) is 45.6 Å². The third-order valence-electron chi connectivity index (χ3n) is 5.93. The van der Waals surface area contributed by atoms with E-state index in [2.05, 4.69) is 6.07 Å². The molecule has 1 saturated heterocycles. The third kappa shape index (κ3) is 4.17. The quantitative estimate of drug-likeness (QED) is 0.714. The van der Waals surface area contributed by atoms with Gasteiger partial charge in [-0.05, 0) is 61.7 Å². The van der Waals surface area contributed by atoms with E-state index in [-0.39, 0.29) is 18.3 Å². The maximum Gasteiger partial charge on any atom is 0.260 e. The number of ether oxygens (including phenoxy) is 2. The van der Waals surface area contributed by atoms with Gasteiger partial charge in [-0.25, -0.2) is 0 Å². The molecule has 0 saturated carbocycles. The number of piperidine rings is 1. The van der Waals surface area contributed by atoms with Crippen molar-refractivity contribution in [1.82, 2.24) is 4.90 Å². The summed E-state index contributed by atoms with van der Waals surface area (Å²) in [7, 11) is 0. The molecule has 0 aromatic heterocycles. The zero-order chi connectivity index (χ0) is 21.5. The van der Waals surface area contributed by atoms with E-state index >= 15 is 0 Å². The molecule has 2 heterocycles. The van der Waals surface area contributed by atoms with Gasteiger partial charge in [0.05, 0.1) is 12.0 Å². The molecule has 6 heteroatoms. The highest BCUT2D eigenvalue weighted by molar-refractivity contribution is 6.31. The normalized spacial score (nSPS) is 17.5. The van der Waals surface area contributed by atoms with Crippen molar-refractivity contribution in [3.63, 3.8) is 0 Å². The number of hydrogen-bond donors (Lipinski definition) is 0. The lowest BCUT2D eigenvalue weighted by Crippen LogP contribution is -2.53. The minimum absolute atomic E-state index is 0.0100. The van der Waals surface area contributed by atoms with Crippen molar-refractivity contribution in [3.05, 3.63) is 57.6 Å². The second kappa shape index (κ2) is 7.95. The first-order valence-corrected chi connectivity index (χ1v) is 10.6. The smallest absolute Gasteiger partial charge is 0.260 e. The van der Waals surface area contributed by atoms with Gasteiger partial charge in [-0.2, -0.15) is 0 Å². The van der Waals surface area contributed by atoms with Crippen LogP contribution in [0.3, 0.4) is 0 Å². The maximum atomic E-state index is 12.8. The van der Waals surface area contributed by atoms with Gasteiger partial charge in [0.1, 0.15) is 17.1 Å². The summed E-state index contributed by atoms with van der Waals surface area (Å²) in [5, 5.41) is 0.545. The van der Waals surface area contributed by atoms with Crippen LogP contribution in [0.4, 0.5) is 0 Å². The Bertz CT molecular complexity index is 988. The van der Waals surface area contributed by atoms with E-state index < -0.39 is 5.60 Å². The van der Waals surface area contributed by atoms with E-state index in [0.29, 0.717) is 54.4 Å². The number of likely N-dealkylation sites (tertiary alicyclic amines) is 1. The van der Waals surface area contributed by atoms with Crippen LogP contribution in [-0.4, -0.2) is 41.9 Å². The zero-order valence-corrected chi connectivity index (χ0v) is 18.3. The first kappa shape index (κ1) is 20.7. The average molecular weight is 428 g/mol. The highest BCUT2D eigenvalue weighted by Crippen LogP contribution is 2.42. The van der Waals surface area contributed by atoms with Crippen molar-refractivity contribution in [2.75, 3.05) is 19.7 Å². The molecule has 0 unspecified atom stereocenters. The lowest BCUT2D eigenvalue weighted by Gasteiger charge is -2.44. The van der Waals surface area contributed by atoms with Gasteiger partial charge < -0.3 is 14.4 Å². The molecule has 0 aliphatic carbocycles. The number of halogens is 1. The Labute approximate surface area is 181 Å². The van der Waals surface area contributed by atoms with E-state index in [4.69, 9.17) is 21.1 Å². The third-order valence-corrected chi connectivity index (χ3v) is 6.14. The summed E-state index contributed by atoms with van der Waals surface area (Å²) < 4.78 is 12.1. The van der Waals surface area contributed by atoms with Crippen LogP contribution < -0.4 is 9.47 Å². The van der Waals surface area contributed by atoms with Crippen LogP contribution in [0.2, 0.25) is 5.02 Å². The molecule has 0 N–H and O–H groups in total. The molecule has 2 aromatic rings. The Morgan fingerprint density at radius 2 is 1.77 bits per heavy atom. The fourth-order valence-corrected chi connectivity index (χ4v) is 4.68. The number of Topliss-reactive ketones (excluding diaryl/α,β-unsaturated/α-hetero) is 1. The Kier molecular flexibility index (Phi) is 5.49. The summed E-state index contributed by atoms with van der Waals surface area (Å²) >= 11 is 6.11. The van der Waals surface area contributed by atoms with Gasteiger partial charge in [0.2, 0.25) is 0 Å². The molecule has 158 valence electrons. The lowest BCUT2D eigenvalue weighted by atomic mass is 9.82. The molecule has 30 heavy (non-hydrogen) atoms. The van der Waals surface area contributed by atoms with E-state index in [1.54, 1.807) is 11.0 Å². The Morgan fingerprint density at radius 1 is 1.10 bits per heavy atom. The molecule has 1 amide bonds. The number of rotatable bonds is 3. The summed E-state index contributed by atoms with van der Waals surface area (Å²) in [5.41, 5.74) is 3.09. The van der Waals surface area contributed by atoms with Gasteiger partial charge in [0, 0.05) is 31.0 Å². The zero-order valence-electron chi connectivity index (χ0n) is 17.6. The van der Waals surface area contributed by atoms with Crippen LogP contribution >= 0.6 is 11.6 Å². The number of aryl methyl sites for hydroxylation is 3. The summed E-state index contributed by atoms with van der Waals surface area (Å²) in [5.74, 6) is 1.35. The highest BCUT2D eigenvalue weighted by atomic mass is 35.5. The van der Waals surface area contributed by atoms with Crippen molar-refractivity contribution in [2.24, 2.45) is 0 Å². The summed E-state index contributed by atoms with van der Waals surface area (Å²) in [6.07, 6.45) is 1.56. The van der Waals surface area contributed by atoms with Gasteiger partial charge in [-0.1, -0.05) is 17.7 Å². The van der Waals surface area contributed by atoms with E-state index in [1.165, 1.54) is 0 Å². The van der Waals surface area contributed by atoms with Crippen molar-refractivity contribution in [3.8, 4) is 11.5 Å². The Morgan fingerprint density at radius 3 is 2.43 bits per heavy atom. The lowest BCUT2D eigenvalue weighted by molar-refractivity contribution is -0.136. The van der Waals surface area contributed by atoms with Gasteiger partial charge in [0.25, 0.3) is 5.91 Å². The fourth-order valence-electron chi connectivity index (χ4n) is 4.41. The van der Waals surface area contributed by atoms with Crippen LogP contribution in [0.5, 0.6) is 11.5 Å². The number of nitrogens with zero attached hydrogens (tertiary/aromatic N) is 1. The standard InChI is InChI=1S/C24H26ClNO4/c1-15-8-16(2)10-19(9-15)29-14-22(28)26-6-4-24(5-7-26)13-21(27)20-12-18(25)11-17(3)23(20)30-24/h8-12H,4-7,13-14H2,1-3H3. The molecule has 4 rings (SSSR count). The predicted octanol–water partition coefficient (Wildman–Crippen LogP) is 4.67. The monoisotopic (exact) mass is 427 g/mol. The highest BCUT2D eigenvalue weighted by Gasteiger charge is 2.44. The molecular formula is C24H26ClNO4. The minimum atomic E-state index is -0.548. The predicted molar refractivity (Wildman–Crippen MR) is 116 cm³/mol. The van der Waals surface area contributed by atoms with Gasteiger partial charge >= 0.3 is 0 Å². The first-order chi connectivity index (χ1) is 14.2. The summed E-state index contributed by atoms with van der Waals surface area (Å²) in [6, 6.07) is 9.42. The maximum absolute atomic E-state index is 12.8. The van der Waals surface area contributed by atoms with Crippen molar-refractivity contribution < 1.29 is 19.1 Å². The average Bonchev–Trinajstić information content (AvgIpc) is 2.67. The van der Waals surface area contributed by atoms with Gasteiger partial charge in [0.15, 0.2) is 12.4 Å². The van der Waals surface area contributed by atoms with E-state index in [1.807, 2.05) is 39.0 Å². The molecule has 2 aromatic carbocycles. The van der Waals surface area contributed by atoms with Crippen LogP contribution in [0.1, 0.15) is 46.3 Å². The minimum Gasteiger partial charge on any atom is -0.486 e. The molecule has 1 spiro atoms.